The molecule has 1 aliphatic carbocycles. The number of methoxy groups -OCH3 is 2. The fourth-order valence-corrected chi connectivity index (χ4v) is 5.66. The molecule has 1 heterocycles. The second-order valence-electron chi connectivity index (χ2n) is 8.70. The number of carbonyl (C=O) groups is 1. The molecule has 2 aromatic carbocycles. The van der Waals surface area contributed by atoms with Gasteiger partial charge >= 0.3 is 0 Å². The first-order chi connectivity index (χ1) is 16.4. The summed E-state index contributed by atoms with van der Waals surface area (Å²) in [7, 11) is -0.854. The van der Waals surface area contributed by atoms with Crippen molar-refractivity contribution in [1.82, 2.24) is 9.62 Å². The monoisotopic (exact) mass is 488 g/mol. The molecule has 4 rings (SSSR count). The van der Waals surface area contributed by atoms with E-state index in [2.05, 4.69) is 9.62 Å². The lowest BCUT2D eigenvalue weighted by Gasteiger charge is -2.25. The van der Waals surface area contributed by atoms with Crippen LogP contribution in [0.1, 0.15) is 42.5 Å². The zero-order valence-electron chi connectivity index (χ0n) is 19.7. The molecule has 1 N–H and O–H groups in total. The van der Waals surface area contributed by atoms with Crippen LogP contribution in [0.3, 0.4) is 0 Å². The van der Waals surface area contributed by atoms with Crippen molar-refractivity contribution in [3.05, 3.63) is 48.0 Å². The minimum Gasteiger partial charge on any atom is -0.497 e. The van der Waals surface area contributed by atoms with Crippen molar-refractivity contribution in [3.8, 4) is 17.2 Å². The standard InChI is InChI=1S/C25H32N2O6S/c1-31-21-12-13-22(32-2)23(17-21)34(29,30)26-24-5-3-14-27(24)15-4-16-33-20-10-8-19(9-11-20)25(28)18-6-7-18/h8-13,17-18,24,26H,3-7,14-16H2,1-2H3. The van der Waals surface area contributed by atoms with Gasteiger partial charge in [0.1, 0.15) is 22.1 Å². The minimum absolute atomic E-state index is 0.0631. The summed E-state index contributed by atoms with van der Waals surface area (Å²) in [4.78, 5) is 14.3. The summed E-state index contributed by atoms with van der Waals surface area (Å²) in [5.41, 5.74) is 0.745. The van der Waals surface area contributed by atoms with Gasteiger partial charge < -0.3 is 14.2 Å². The number of carbonyl (C=O) groups excluding carboxylic acids is 1. The highest BCUT2D eigenvalue weighted by Gasteiger charge is 2.31. The van der Waals surface area contributed by atoms with Gasteiger partial charge in [0.05, 0.1) is 27.0 Å². The number of Topliss-reactive ketones (excluding diaryl/α,β-unsaturated/α-hetero) is 1. The van der Waals surface area contributed by atoms with Crippen LogP contribution >= 0.6 is 0 Å². The van der Waals surface area contributed by atoms with Gasteiger partial charge in [-0.05, 0) is 75.0 Å². The number of nitrogens with zero attached hydrogens (tertiary/aromatic N) is 1. The van der Waals surface area contributed by atoms with Gasteiger partial charge in [0.15, 0.2) is 5.78 Å². The normalized spacial score (nSPS) is 18.6. The van der Waals surface area contributed by atoms with Crippen LogP contribution in [-0.2, 0) is 10.0 Å². The highest BCUT2D eigenvalue weighted by molar-refractivity contribution is 7.89. The molecule has 0 aromatic heterocycles. The molecular weight excluding hydrogens is 456 g/mol. The van der Waals surface area contributed by atoms with E-state index in [1.807, 2.05) is 24.3 Å². The molecular formula is C25H32N2O6S. The first-order valence-electron chi connectivity index (χ1n) is 11.7. The molecule has 0 bridgehead atoms. The van der Waals surface area contributed by atoms with E-state index in [0.717, 1.165) is 50.0 Å². The van der Waals surface area contributed by atoms with Gasteiger partial charge in [-0.15, -0.1) is 0 Å². The Morgan fingerprint density at radius 1 is 1.03 bits per heavy atom. The predicted molar refractivity (Wildman–Crippen MR) is 128 cm³/mol. The molecule has 2 aromatic rings. The predicted octanol–water partition coefficient (Wildman–Crippen LogP) is 3.47. The van der Waals surface area contributed by atoms with Crippen LogP contribution in [0, 0.1) is 5.92 Å². The van der Waals surface area contributed by atoms with E-state index in [-0.39, 0.29) is 28.5 Å². The average molecular weight is 489 g/mol. The summed E-state index contributed by atoms with van der Waals surface area (Å²) >= 11 is 0. The van der Waals surface area contributed by atoms with E-state index in [1.54, 1.807) is 12.1 Å². The smallest absolute Gasteiger partial charge is 0.245 e. The van der Waals surface area contributed by atoms with Crippen LogP contribution in [0.5, 0.6) is 17.2 Å². The number of ketones is 1. The molecule has 1 atom stereocenters. The number of sulfonamides is 1. The molecule has 0 amide bonds. The molecule has 9 heteroatoms. The zero-order valence-corrected chi connectivity index (χ0v) is 20.5. The van der Waals surface area contributed by atoms with Gasteiger partial charge in [-0.25, -0.2) is 8.42 Å². The van der Waals surface area contributed by atoms with Crippen molar-refractivity contribution in [2.75, 3.05) is 33.9 Å². The van der Waals surface area contributed by atoms with E-state index in [9.17, 15) is 13.2 Å². The van der Waals surface area contributed by atoms with Crippen LogP contribution in [0.2, 0.25) is 0 Å². The van der Waals surface area contributed by atoms with Crippen molar-refractivity contribution in [3.63, 3.8) is 0 Å². The van der Waals surface area contributed by atoms with Gasteiger partial charge in [0.2, 0.25) is 10.0 Å². The number of benzene rings is 2. The molecule has 2 aliphatic rings. The summed E-state index contributed by atoms with van der Waals surface area (Å²) in [6.45, 7) is 2.04. The zero-order chi connectivity index (χ0) is 24.1. The quantitative estimate of drug-likeness (QED) is 0.361. The van der Waals surface area contributed by atoms with Crippen molar-refractivity contribution in [1.29, 1.82) is 0 Å². The Morgan fingerprint density at radius 2 is 1.76 bits per heavy atom. The molecule has 34 heavy (non-hydrogen) atoms. The van der Waals surface area contributed by atoms with Gasteiger partial charge in [-0.1, -0.05) is 0 Å². The minimum atomic E-state index is -3.79. The molecule has 2 fully saturated rings. The van der Waals surface area contributed by atoms with E-state index in [0.29, 0.717) is 18.9 Å². The number of hydrogen-bond acceptors (Lipinski definition) is 7. The largest absolute Gasteiger partial charge is 0.497 e. The van der Waals surface area contributed by atoms with E-state index in [4.69, 9.17) is 14.2 Å². The third-order valence-electron chi connectivity index (χ3n) is 6.26. The number of nitrogens with one attached hydrogen (secondary N) is 1. The Labute approximate surface area is 201 Å². The molecule has 184 valence electrons. The first-order valence-corrected chi connectivity index (χ1v) is 13.1. The molecule has 8 nitrogen and oxygen atoms in total. The van der Waals surface area contributed by atoms with Crippen LogP contribution in [0.4, 0.5) is 0 Å². The Kier molecular flexibility index (Phi) is 7.75. The Bertz CT molecular complexity index is 1100. The van der Waals surface area contributed by atoms with Crippen molar-refractivity contribution in [2.24, 2.45) is 5.92 Å². The summed E-state index contributed by atoms with van der Waals surface area (Å²) in [5, 5.41) is 0. The first kappa shape index (κ1) is 24.5. The molecule has 1 saturated heterocycles. The lowest BCUT2D eigenvalue weighted by molar-refractivity contribution is 0.0967. The van der Waals surface area contributed by atoms with Gasteiger partial charge in [0, 0.05) is 24.1 Å². The highest BCUT2D eigenvalue weighted by atomic mass is 32.2. The van der Waals surface area contributed by atoms with Crippen LogP contribution in [0.25, 0.3) is 0 Å². The lowest BCUT2D eigenvalue weighted by atomic mass is 10.1. The van der Waals surface area contributed by atoms with Crippen LogP contribution < -0.4 is 18.9 Å². The Balaban J connectivity index is 1.28. The second-order valence-corrected chi connectivity index (χ2v) is 10.4. The third kappa shape index (κ3) is 5.89. The maximum atomic E-state index is 13.1. The fourth-order valence-electron chi connectivity index (χ4n) is 4.22. The number of ether oxygens (including phenoxy) is 3. The summed E-state index contributed by atoms with van der Waals surface area (Å²) in [6, 6.07) is 12.1. The van der Waals surface area contributed by atoms with Crippen molar-refractivity contribution < 1.29 is 27.4 Å². The Hall–Kier alpha value is -2.62. The van der Waals surface area contributed by atoms with Gasteiger partial charge in [-0.3, -0.25) is 9.69 Å². The van der Waals surface area contributed by atoms with E-state index < -0.39 is 10.0 Å². The average Bonchev–Trinajstić information content (AvgIpc) is 3.62. The number of likely N-dealkylation sites (tertiary alicyclic amines) is 1. The molecule has 0 spiro atoms. The molecule has 0 radical (unpaired) electrons. The summed E-state index contributed by atoms with van der Waals surface area (Å²) < 4.78 is 45.3. The van der Waals surface area contributed by atoms with E-state index >= 15 is 0 Å². The Morgan fingerprint density at radius 3 is 2.44 bits per heavy atom. The van der Waals surface area contributed by atoms with Crippen LogP contribution in [-0.4, -0.2) is 59.2 Å². The maximum absolute atomic E-state index is 13.1. The third-order valence-corrected chi connectivity index (χ3v) is 7.74. The fraction of sp³-hybridized carbons (Fsp3) is 0.480. The second kappa shape index (κ2) is 10.8. The molecule has 1 aliphatic heterocycles. The number of rotatable bonds is 12. The number of hydrogen-bond donors (Lipinski definition) is 1. The highest BCUT2D eigenvalue weighted by Crippen LogP contribution is 2.33. The summed E-state index contributed by atoms with van der Waals surface area (Å²) in [6.07, 6.45) is 4.12. The van der Waals surface area contributed by atoms with Crippen LogP contribution in [0.15, 0.2) is 47.4 Å². The van der Waals surface area contributed by atoms with Gasteiger partial charge in [-0.2, -0.15) is 4.72 Å². The van der Waals surface area contributed by atoms with E-state index in [1.165, 1.54) is 20.3 Å². The SMILES string of the molecule is COc1ccc(OC)c(S(=O)(=O)NC2CCCN2CCCOc2ccc(C(=O)C3CC3)cc2)c1. The molecule has 1 unspecified atom stereocenters. The topological polar surface area (TPSA) is 94.2 Å². The maximum Gasteiger partial charge on any atom is 0.245 e. The summed E-state index contributed by atoms with van der Waals surface area (Å²) in [5.74, 6) is 1.89. The van der Waals surface area contributed by atoms with Crippen molar-refractivity contribution >= 4 is 15.8 Å². The van der Waals surface area contributed by atoms with Gasteiger partial charge in [0.25, 0.3) is 0 Å². The molecule has 1 saturated carbocycles. The van der Waals surface area contributed by atoms with Crippen molar-refractivity contribution in [2.45, 2.75) is 43.2 Å². The lowest BCUT2D eigenvalue weighted by Crippen LogP contribution is -2.44.